The molecule has 0 bridgehead atoms. The van der Waals surface area contributed by atoms with Gasteiger partial charge in [0.25, 0.3) is 5.91 Å². The first kappa shape index (κ1) is 16.5. The average Bonchev–Trinajstić information content (AvgIpc) is 2.85. The molecule has 1 unspecified atom stereocenters. The third-order valence-corrected chi connectivity index (χ3v) is 5.56. The molecule has 0 aromatic carbocycles. The maximum absolute atomic E-state index is 12.6. The molecule has 9 heteroatoms. The summed E-state index contributed by atoms with van der Waals surface area (Å²) in [6, 6.07) is 1.06. The average molecular weight is 327 g/mol. The zero-order valence-electron chi connectivity index (χ0n) is 12.7. The summed E-state index contributed by atoms with van der Waals surface area (Å²) in [5, 5.41) is 7.04. The highest BCUT2D eigenvalue weighted by atomic mass is 32.2. The van der Waals surface area contributed by atoms with Crippen LogP contribution in [0.4, 0.5) is 4.79 Å². The molecule has 3 N–H and O–H groups in total. The minimum Gasteiger partial charge on any atom is -0.352 e. The molecule has 1 saturated carbocycles. The Balaban J connectivity index is 2.04. The van der Waals surface area contributed by atoms with Crippen molar-refractivity contribution in [1.82, 2.24) is 15.1 Å². The number of aromatic nitrogens is 2. The number of carbonyl (C=O) groups excluding carboxylic acids is 2. The van der Waals surface area contributed by atoms with Crippen molar-refractivity contribution in [2.45, 2.75) is 36.8 Å². The van der Waals surface area contributed by atoms with Gasteiger partial charge in [-0.15, -0.1) is 0 Å². The number of rotatable bonds is 3. The lowest BCUT2D eigenvalue weighted by atomic mass is 9.86. The van der Waals surface area contributed by atoms with Gasteiger partial charge < -0.3 is 11.1 Å². The van der Waals surface area contributed by atoms with Gasteiger partial charge in [0.2, 0.25) is 0 Å². The molecule has 22 heavy (non-hydrogen) atoms. The molecule has 1 aliphatic rings. The second-order valence-corrected chi connectivity index (χ2v) is 7.79. The fourth-order valence-electron chi connectivity index (χ4n) is 2.71. The van der Waals surface area contributed by atoms with Crippen molar-refractivity contribution < 1.29 is 13.8 Å². The molecule has 3 amide bonds. The van der Waals surface area contributed by atoms with Crippen molar-refractivity contribution in [2.75, 3.05) is 6.26 Å². The Morgan fingerprint density at radius 1 is 1.41 bits per heavy atom. The van der Waals surface area contributed by atoms with Gasteiger partial charge in [-0.2, -0.15) is 9.46 Å². The van der Waals surface area contributed by atoms with Crippen LogP contribution in [0.5, 0.6) is 0 Å². The van der Waals surface area contributed by atoms with E-state index in [-0.39, 0.29) is 17.9 Å². The van der Waals surface area contributed by atoms with Crippen LogP contribution in [-0.2, 0) is 21.6 Å². The highest BCUT2D eigenvalue weighted by molar-refractivity contribution is 7.93. The van der Waals surface area contributed by atoms with Crippen LogP contribution in [0.15, 0.2) is 21.7 Å². The largest absolute Gasteiger partial charge is 0.352 e. The molecule has 0 spiro atoms. The first-order valence-corrected chi connectivity index (χ1v) is 9.02. The van der Waals surface area contributed by atoms with Gasteiger partial charge in [-0.1, -0.05) is 0 Å². The number of nitrogens with one attached hydrogen (secondary N) is 1. The molecule has 1 atom stereocenters. The molecule has 0 saturated heterocycles. The lowest BCUT2D eigenvalue weighted by Crippen LogP contribution is -2.41. The Morgan fingerprint density at radius 2 is 2.05 bits per heavy atom. The van der Waals surface area contributed by atoms with E-state index in [4.69, 9.17) is 5.73 Å². The van der Waals surface area contributed by atoms with E-state index in [9.17, 15) is 13.8 Å². The summed E-state index contributed by atoms with van der Waals surface area (Å²) >= 11 is 0. The number of hydrogen-bond donors (Lipinski definition) is 2. The molecule has 2 rings (SSSR count). The van der Waals surface area contributed by atoms with Gasteiger partial charge in [0.05, 0.1) is 15.9 Å². The first-order valence-electron chi connectivity index (χ1n) is 7.09. The van der Waals surface area contributed by atoms with Gasteiger partial charge in [-0.3, -0.25) is 9.48 Å². The minimum absolute atomic E-state index is 0.00426. The normalized spacial score (nSPS) is 24.3. The van der Waals surface area contributed by atoms with E-state index in [1.165, 1.54) is 17.1 Å². The molecule has 0 aliphatic heterocycles. The van der Waals surface area contributed by atoms with Gasteiger partial charge in [0.1, 0.15) is 5.03 Å². The number of aryl methyl sites for hydroxylation is 1. The number of nitrogens with zero attached hydrogens (tertiary/aromatic N) is 3. The highest BCUT2D eigenvalue weighted by Crippen LogP contribution is 2.26. The second kappa shape index (κ2) is 6.47. The van der Waals surface area contributed by atoms with Crippen molar-refractivity contribution in [3.63, 3.8) is 0 Å². The van der Waals surface area contributed by atoms with Crippen molar-refractivity contribution in [1.29, 1.82) is 0 Å². The quantitative estimate of drug-likeness (QED) is 0.846. The number of hydrogen-bond acceptors (Lipinski definition) is 4. The van der Waals surface area contributed by atoms with E-state index >= 15 is 0 Å². The predicted octanol–water partition coefficient (Wildman–Crippen LogP) is 0.630. The fraction of sp³-hybridized carbons (Fsp3) is 0.615. The minimum atomic E-state index is -2.79. The van der Waals surface area contributed by atoms with Crippen LogP contribution >= 0.6 is 0 Å². The molecule has 1 heterocycles. The van der Waals surface area contributed by atoms with Crippen LogP contribution in [0.25, 0.3) is 0 Å². The van der Waals surface area contributed by atoms with Crippen LogP contribution in [-0.4, -0.2) is 38.2 Å². The zero-order chi connectivity index (χ0) is 16.3. The molecular weight excluding hydrogens is 306 g/mol. The van der Waals surface area contributed by atoms with E-state index in [0.29, 0.717) is 30.7 Å². The maximum Gasteiger partial charge on any atom is 0.312 e. The Hall–Kier alpha value is -1.90. The molecule has 1 aromatic rings. The number of nitrogens with two attached hydrogens (primary N) is 1. The van der Waals surface area contributed by atoms with Gasteiger partial charge in [0.15, 0.2) is 0 Å². The highest BCUT2D eigenvalue weighted by Gasteiger charge is 2.27. The summed E-state index contributed by atoms with van der Waals surface area (Å²) < 4.78 is 18.0. The Morgan fingerprint density at radius 3 is 2.55 bits per heavy atom. The standard InChI is InChI=1S/C13H21N5O3S/c1-18-11(7-8-15-18)22(2,21)17-12(19)9-3-5-10(6-4-9)16-13(14)20/h7-10H,3-6H2,1-2H3,(H3,14,16,20). The van der Waals surface area contributed by atoms with Crippen LogP contribution in [0, 0.1) is 5.92 Å². The summed E-state index contributed by atoms with van der Waals surface area (Å²) in [6.45, 7) is 0. The van der Waals surface area contributed by atoms with Gasteiger partial charge in [0, 0.05) is 25.3 Å². The van der Waals surface area contributed by atoms with Crippen molar-refractivity contribution >= 4 is 21.7 Å². The summed E-state index contributed by atoms with van der Waals surface area (Å²) in [6.07, 6.45) is 5.53. The summed E-state index contributed by atoms with van der Waals surface area (Å²) in [5.74, 6) is -0.592. The van der Waals surface area contributed by atoms with Crippen LogP contribution in [0.3, 0.4) is 0 Å². The molecule has 1 aliphatic carbocycles. The smallest absolute Gasteiger partial charge is 0.312 e. The molecule has 8 nitrogen and oxygen atoms in total. The number of primary amides is 1. The van der Waals surface area contributed by atoms with Crippen molar-refractivity contribution in [3.8, 4) is 0 Å². The van der Waals surface area contributed by atoms with Crippen molar-refractivity contribution in [3.05, 3.63) is 12.3 Å². The lowest BCUT2D eigenvalue weighted by Gasteiger charge is -2.26. The number of carbonyl (C=O) groups is 2. The predicted molar refractivity (Wildman–Crippen MR) is 81.4 cm³/mol. The molecular formula is C13H21N5O3S. The second-order valence-electron chi connectivity index (χ2n) is 5.58. The Bertz CT molecular complexity index is 682. The zero-order valence-corrected chi connectivity index (χ0v) is 13.5. The number of amides is 3. The SMILES string of the molecule is Cn1nccc1S(C)(=O)=NC(=O)C1CCC(NC(N)=O)CC1. The van der Waals surface area contributed by atoms with Crippen LogP contribution in [0.1, 0.15) is 25.7 Å². The lowest BCUT2D eigenvalue weighted by molar-refractivity contribution is -0.122. The van der Waals surface area contributed by atoms with Crippen molar-refractivity contribution in [2.24, 2.45) is 23.1 Å². The monoisotopic (exact) mass is 327 g/mol. The number of urea groups is 1. The van der Waals surface area contributed by atoms with E-state index in [1.807, 2.05) is 0 Å². The van der Waals surface area contributed by atoms with Gasteiger partial charge in [-0.05, 0) is 31.7 Å². The van der Waals surface area contributed by atoms with E-state index in [1.54, 1.807) is 13.1 Å². The molecule has 1 fully saturated rings. The fourth-order valence-corrected chi connectivity index (χ4v) is 4.15. The van der Waals surface area contributed by atoms with Crippen LogP contribution < -0.4 is 11.1 Å². The summed E-state index contributed by atoms with van der Waals surface area (Å²) in [7, 11) is -1.13. The van der Waals surface area contributed by atoms with E-state index in [0.717, 1.165) is 0 Å². The third kappa shape index (κ3) is 3.85. The Kier molecular flexibility index (Phi) is 4.84. The van der Waals surface area contributed by atoms with E-state index < -0.39 is 15.8 Å². The van der Waals surface area contributed by atoms with Gasteiger partial charge in [-0.25, -0.2) is 9.00 Å². The molecule has 1 aromatic heterocycles. The van der Waals surface area contributed by atoms with E-state index in [2.05, 4.69) is 14.8 Å². The first-order chi connectivity index (χ1) is 10.3. The summed E-state index contributed by atoms with van der Waals surface area (Å²) in [4.78, 5) is 23.1. The molecule has 122 valence electrons. The van der Waals surface area contributed by atoms with Crippen LogP contribution in [0.2, 0.25) is 0 Å². The summed E-state index contributed by atoms with van der Waals surface area (Å²) in [5.41, 5.74) is 5.09. The third-order valence-electron chi connectivity index (χ3n) is 3.85. The Labute approximate surface area is 129 Å². The topological polar surface area (TPSA) is 119 Å². The molecule has 0 radical (unpaired) electrons. The maximum atomic E-state index is 12.6. The van der Waals surface area contributed by atoms with Gasteiger partial charge >= 0.3 is 6.03 Å².